The first-order valence-corrected chi connectivity index (χ1v) is 11.6. The van der Waals surface area contributed by atoms with Crippen molar-refractivity contribution >= 4 is 23.2 Å². The van der Waals surface area contributed by atoms with Gasteiger partial charge in [0.05, 0.1) is 5.52 Å². The number of nitrogens with zero attached hydrogens (tertiary/aromatic N) is 3. The van der Waals surface area contributed by atoms with Crippen molar-refractivity contribution in [2.24, 2.45) is 5.92 Å². The Morgan fingerprint density at radius 3 is 2.73 bits per heavy atom. The molecule has 5 rings (SSSR count). The van der Waals surface area contributed by atoms with Gasteiger partial charge in [-0.15, -0.1) is 0 Å². The zero-order valence-electron chi connectivity index (χ0n) is 18.1. The van der Waals surface area contributed by atoms with Crippen LogP contribution in [0.1, 0.15) is 67.1 Å². The van der Waals surface area contributed by atoms with Gasteiger partial charge >= 0.3 is 6.03 Å². The normalized spacial score (nSPS) is 23.3. The minimum Gasteiger partial charge on any atom is -0.324 e. The molecule has 3 aliphatic rings. The number of carbonyl (C=O) groups excluding carboxylic acids is 2. The highest BCUT2D eigenvalue weighted by Crippen LogP contribution is 2.46. The van der Waals surface area contributed by atoms with Gasteiger partial charge in [0.2, 0.25) is 0 Å². The summed E-state index contributed by atoms with van der Waals surface area (Å²) >= 11 is 0. The minimum absolute atomic E-state index is 0.163. The average molecular weight is 409 g/mol. The maximum absolute atomic E-state index is 12.8. The molecule has 1 N–H and O–H groups in total. The van der Waals surface area contributed by atoms with Crippen molar-refractivity contribution in [3.05, 3.63) is 35.0 Å². The summed E-state index contributed by atoms with van der Waals surface area (Å²) in [5, 5.41) is 1.19. The molecule has 1 saturated heterocycles. The molecule has 0 bridgehead atoms. The van der Waals surface area contributed by atoms with Crippen molar-refractivity contribution in [2.45, 2.75) is 57.9 Å². The Morgan fingerprint density at radius 2 is 2.03 bits per heavy atom. The maximum Gasteiger partial charge on any atom is 0.336 e. The summed E-state index contributed by atoms with van der Waals surface area (Å²) in [7, 11) is 0. The number of likely N-dealkylation sites (tertiary alicyclic amines) is 1. The lowest BCUT2D eigenvalue weighted by Crippen LogP contribution is -2.47. The number of fused-ring (bicyclic) bond motifs is 2. The summed E-state index contributed by atoms with van der Waals surface area (Å²) in [6.45, 7) is 7.57. The van der Waals surface area contributed by atoms with Crippen LogP contribution in [0.25, 0.3) is 10.9 Å². The molecule has 0 spiro atoms. The van der Waals surface area contributed by atoms with E-state index in [-0.39, 0.29) is 6.03 Å². The third kappa shape index (κ3) is 3.13. The Kier molecular flexibility index (Phi) is 5.05. The van der Waals surface area contributed by atoms with Gasteiger partial charge in [0, 0.05) is 37.0 Å². The highest BCUT2D eigenvalue weighted by atomic mass is 16.2. The number of rotatable bonds is 6. The number of nitrogens with one attached hydrogen (secondary N) is 1. The summed E-state index contributed by atoms with van der Waals surface area (Å²) in [5.41, 5.74) is 7.03. The Labute approximate surface area is 178 Å². The summed E-state index contributed by atoms with van der Waals surface area (Å²) in [6, 6.07) is 6.66. The third-order valence-electron chi connectivity index (χ3n) is 7.43. The van der Waals surface area contributed by atoms with Gasteiger partial charge in [0.25, 0.3) is 0 Å². The Balaban J connectivity index is 1.58. The number of urea groups is 1. The molecule has 2 amide bonds. The molecule has 2 heterocycles. The van der Waals surface area contributed by atoms with E-state index in [0.29, 0.717) is 30.7 Å². The molecule has 1 aromatic carbocycles. The fraction of sp³-hybridized carbons (Fsp3) is 0.583. The van der Waals surface area contributed by atoms with Gasteiger partial charge in [0.1, 0.15) is 5.69 Å². The number of hydrogen-bond donors (Lipinski definition) is 1. The molecular formula is C24H32N4O2. The molecule has 1 aromatic heterocycles. The molecule has 0 radical (unpaired) electrons. The molecule has 2 atom stereocenters. The van der Waals surface area contributed by atoms with E-state index in [0.717, 1.165) is 29.7 Å². The van der Waals surface area contributed by atoms with Gasteiger partial charge in [-0.1, -0.05) is 12.1 Å². The SMILES string of the molecule is CCN(CC)C(=O)Nn1c(C=O)c2c3c(cccc31)[C@H]1CCCN(CC3CC3)[C@@H]1C2. The quantitative estimate of drug-likeness (QED) is 0.736. The van der Waals surface area contributed by atoms with Crippen molar-refractivity contribution in [3.63, 3.8) is 0 Å². The smallest absolute Gasteiger partial charge is 0.324 e. The highest BCUT2D eigenvalue weighted by Gasteiger charge is 2.41. The second kappa shape index (κ2) is 7.73. The number of hydrogen-bond acceptors (Lipinski definition) is 3. The summed E-state index contributed by atoms with van der Waals surface area (Å²) < 4.78 is 1.74. The van der Waals surface area contributed by atoms with Crippen LogP contribution < -0.4 is 5.43 Å². The van der Waals surface area contributed by atoms with E-state index >= 15 is 0 Å². The fourth-order valence-electron chi connectivity index (χ4n) is 5.73. The van der Waals surface area contributed by atoms with Gasteiger partial charge in [-0.25, -0.2) is 14.9 Å². The second-order valence-corrected chi connectivity index (χ2v) is 9.11. The van der Waals surface area contributed by atoms with Crippen molar-refractivity contribution in [3.8, 4) is 0 Å². The lowest BCUT2D eigenvalue weighted by molar-refractivity contribution is 0.110. The van der Waals surface area contributed by atoms with Crippen molar-refractivity contribution in [1.82, 2.24) is 14.5 Å². The number of aldehydes is 1. The van der Waals surface area contributed by atoms with Crippen molar-refractivity contribution in [2.75, 3.05) is 31.6 Å². The molecule has 2 aliphatic carbocycles. The molecule has 2 aromatic rings. The standard InChI is InChI=1S/C24H32N4O2/c1-3-26(4-2)24(30)25-28-20-9-5-7-18-17-8-6-12-27(14-16-10-11-16)21(17)13-19(23(18)20)22(28)15-29/h5,7,9,15-17,21H,3-4,6,8,10-14H2,1-2H3,(H,25,30)/t17-,21-/m1/s1. The van der Waals surface area contributed by atoms with Crippen molar-refractivity contribution < 1.29 is 9.59 Å². The van der Waals surface area contributed by atoms with E-state index in [1.807, 2.05) is 19.9 Å². The Bertz CT molecular complexity index is 973. The van der Waals surface area contributed by atoms with Crippen LogP contribution in [0, 0.1) is 5.92 Å². The summed E-state index contributed by atoms with van der Waals surface area (Å²) in [6.07, 6.45) is 6.99. The van der Waals surface area contributed by atoms with E-state index in [1.165, 1.54) is 49.7 Å². The lowest BCUT2D eigenvalue weighted by Gasteiger charge is -2.44. The predicted octanol–water partition coefficient (Wildman–Crippen LogP) is 3.97. The molecule has 1 saturated carbocycles. The number of piperidine rings is 1. The zero-order chi connectivity index (χ0) is 20.8. The Morgan fingerprint density at radius 1 is 1.23 bits per heavy atom. The number of aromatic nitrogens is 1. The van der Waals surface area contributed by atoms with Crippen molar-refractivity contribution in [1.29, 1.82) is 0 Å². The molecular weight excluding hydrogens is 376 g/mol. The topological polar surface area (TPSA) is 57.6 Å². The van der Waals surface area contributed by atoms with Crippen LogP contribution in [-0.2, 0) is 6.42 Å². The maximum atomic E-state index is 12.8. The van der Waals surface area contributed by atoms with Gasteiger partial charge in [-0.2, -0.15) is 0 Å². The van der Waals surface area contributed by atoms with E-state index in [1.54, 1.807) is 9.58 Å². The van der Waals surface area contributed by atoms with E-state index in [9.17, 15) is 9.59 Å². The largest absolute Gasteiger partial charge is 0.336 e. The van der Waals surface area contributed by atoms with Crippen LogP contribution in [0.15, 0.2) is 18.2 Å². The van der Waals surface area contributed by atoms with Gasteiger partial charge in [-0.3, -0.25) is 9.69 Å². The van der Waals surface area contributed by atoms with Crippen LogP contribution in [0.4, 0.5) is 4.79 Å². The minimum atomic E-state index is -0.163. The predicted molar refractivity (Wildman–Crippen MR) is 119 cm³/mol. The third-order valence-corrected chi connectivity index (χ3v) is 7.43. The van der Waals surface area contributed by atoms with E-state index < -0.39 is 0 Å². The first kappa shape index (κ1) is 19.6. The van der Waals surface area contributed by atoms with Gasteiger partial charge in [0.15, 0.2) is 6.29 Å². The van der Waals surface area contributed by atoms with Crippen LogP contribution in [0.5, 0.6) is 0 Å². The Hall–Kier alpha value is -2.34. The number of amides is 2. The van der Waals surface area contributed by atoms with Gasteiger partial charge < -0.3 is 4.90 Å². The molecule has 30 heavy (non-hydrogen) atoms. The first-order chi connectivity index (χ1) is 14.7. The molecule has 2 fully saturated rings. The number of carbonyl (C=O) groups is 2. The van der Waals surface area contributed by atoms with Crippen LogP contribution >= 0.6 is 0 Å². The van der Waals surface area contributed by atoms with E-state index in [4.69, 9.17) is 0 Å². The first-order valence-electron chi connectivity index (χ1n) is 11.6. The second-order valence-electron chi connectivity index (χ2n) is 9.11. The highest BCUT2D eigenvalue weighted by molar-refractivity contribution is 5.98. The lowest BCUT2D eigenvalue weighted by atomic mass is 9.74. The van der Waals surface area contributed by atoms with Gasteiger partial charge in [-0.05, 0) is 75.6 Å². The number of benzene rings is 1. The fourth-order valence-corrected chi connectivity index (χ4v) is 5.73. The monoisotopic (exact) mass is 408 g/mol. The summed E-state index contributed by atoms with van der Waals surface area (Å²) in [4.78, 5) is 29.4. The zero-order valence-corrected chi connectivity index (χ0v) is 18.1. The molecule has 0 unspecified atom stereocenters. The van der Waals surface area contributed by atoms with Crippen LogP contribution in [-0.4, -0.2) is 59.0 Å². The molecule has 6 nitrogen and oxygen atoms in total. The van der Waals surface area contributed by atoms with E-state index in [2.05, 4.69) is 22.5 Å². The average Bonchev–Trinajstić information content (AvgIpc) is 3.53. The van der Waals surface area contributed by atoms with Crippen LogP contribution in [0.2, 0.25) is 0 Å². The molecule has 160 valence electrons. The molecule has 6 heteroatoms. The van der Waals surface area contributed by atoms with Crippen LogP contribution in [0.3, 0.4) is 0 Å². The summed E-state index contributed by atoms with van der Waals surface area (Å²) in [5.74, 6) is 1.38. The molecule has 1 aliphatic heterocycles.